The molecule has 1 unspecified atom stereocenters. The Kier molecular flexibility index (Phi) is 37.5. The van der Waals surface area contributed by atoms with Crippen molar-refractivity contribution < 1.29 is 29.3 Å². The Labute approximate surface area is 319 Å². The van der Waals surface area contributed by atoms with Crippen LogP contribution in [0.5, 0.6) is 0 Å². The molecule has 0 aliphatic carbocycles. The van der Waals surface area contributed by atoms with E-state index in [1.165, 1.54) is 83.5 Å². The van der Waals surface area contributed by atoms with Gasteiger partial charge in [0.2, 0.25) is 0 Å². The topological polar surface area (TPSA) is 93.1 Å². The third kappa shape index (κ3) is 40.1. The highest BCUT2D eigenvalue weighted by Gasteiger charge is 2.13. The highest BCUT2D eigenvalue weighted by atomic mass is 16.6. The number of allylic oxidation sites excluding steroid dienone is 11. The fourth-order valence-corrected chi connectivity index (χ4v) is 5.56. The van der Waals surface area contributed by atoms with Crippen LogP contribution in [-0.4, -0.2) is 47.6 Å². The predicted octanol–water partition coefficient (Wildman–Crippen LogP) is 12.2. The molecule has 0 saturated carbocycles. The summed E-state index contributed by atoms with van der Waals surface area (Å²) in [5.74, 6) is 0.00685. The van der Waals surface area contributed by atoms with Gasteiger partial charge in [0.05, 0.1) is 6.10 Å². The molecule has 0 aromatic carbocycles. The number of unbranched alkanes of at least 4 members (excludes halogenated alkanes) is 14. The molecule has 0 spiro atoms. The molecule has 6 heteroatoms. The van der Waals surface area contributed by atoms with Crippen LogP contribution in [-0.2, 0) is 19.1 Å². The van der Waals surface area contributed by atoms with Crippen molar-refractivity contribution in [2.45, 2.75) is 187 Å². The Hall–Kier alpha value is -2.70. The number of esters is 2. The van der Waals surface area contributed by atoms with Crippen LogP contribution in [0.4, 0.5) is 0 Å². The molecule has 6 nitrogen and oxygen atoms in total. The lowest BCUT2D eigenvalue weighted by Gasteiger charge is -2.12. The minimum absolute atomic E-state index is 0.0303. The first-order valence-corrected chi connectivity index (χ1v) is 21.0. The molecule has 0 heterocycles. The van der Waals surface area contributed by atoms with Gasteiger partial charge < -0.3 is 19.7 Å². The summed E-state index contributed by atoms with van der Waals surface area (Å²) < 4.78 is 10.2. The van der Waals surface area contributed by atoms with Gasteiger partial charge in [0, 0.05) is 12.8 Å². The number of hydrogen-bond donors (Lipinski definition) is 2. The number of hydrogen-bond acceptors (Lipinski definition) is 6. The van der Waals surface area contributed by atoms with Crippen molar-refractivity contribution in [3.05, 3.63) is 72.9 Å². The van der Waals surface area contributed by atoms with Crippen LogP contribution in [0, 0.1) is 5.92 Å². The molecule has 52 heavy (non-hydrogen) atoms. The molecule has 0 aromatic heterocycles. The zero-order valence-electron chi connectivity index (χ0n) is 33.6. The van der Waals surface area contributed by atoms with E-state index in [0.717, 1.165) is 57.3 Å². The molecule has 0 rings (SSSR count). The van der Waals surface area contributed by atoms with E-state index in [1.54, 1.807) is 12.2 Å². The van der Waals surface area contributed by atoms with E-state index in [2.05, 4.69) is 69.4 Å². The zero-order valence-corrected chi connectivity index (χ0v) is 33.6. The van der Waals surface area contributed by atoms with Gasteiger partial charge in [-0.2, -0.15) is 0 Å². The van der Waals surface area contributed by atoms with Gasteiger partial charge in [-0.1, -0.05) is 190 Å². The SMILES string of the molecule is CC/C=C\C/C=C\C/C=C\C/C=C\C/C=C\C=C/C(O)CCC(=O)OC[C@H](O)COC(=O)CCCCCCCCCCCCCCCCCC(C)C. The second-order valence-corrected chi connectivity index (χ2v) is 14.4. The van der Waals surface area contributed by atoms with Crippen LogP contribution in [0.15, 0.2) is 72.9 Å². The lowest BCUT2D eigenvalue weighted by molar-refractivity contribution is -0.152. The van der Waals surface area contributed by atoms with E-state index in [0.29, 0.717) is 6.42 Å². The fourth-order valence-electron chi connectivity index (χ4n) is 5.56. The number of ether oxygens (including phenoxy) is 2. The molecule has 2 N–H and O–H groups in total. The lowest BCUT2D eigenvalue weighted by Crippen LogP contribution is -2.25. The van der Waals surface area contributed by atoms with E-state index in [-0.39, 0.29) is 32.0 Å². The molecular weight excluding hydrogens is 648 g/mol. The van der Waals surface area contributed by atoms with E-state index >= 15 is 0 Å². The van der Waals surface area contributed by atoms with Crippen LogP contribution in [0.3, 0.4) is 0 Å². The summed E-state index contributed by atoms with van der Waals surface area (Å²) in [7, 11) is 0. The average Bonchev–Trinajstić information content (AvgIpc) is 3.13. The number of aliphatic hydroxyl groups is 2. The molecule has 0 amide bonds. The maximum Gasteiger partial charge on any atom is 0.305 e. The van der Waals surface area contributed by atoms with Crippen molar-refractivity contribution in [2.75, 3.05) is 13.2 Å². The molecule has 0 saturated heterocycles. The van der Waals surface area contributed by atoms with Crippen LogP contribution in [0.25, 0.3) is 0 Å². The van der Waals surface area contributed by atoms with E-state index in [1.807, 2.05) is 12.2 Å². The van der Waals surface area contributed by atoms with Crippen molar-refractivity contribution in [1.29, 1.82) is 0 Å². The smallest absolute Gasteiger partial charge is 0.305 e. The largest absolute Gasteiger partial charge is 0.463 e. The highest BCUT2D eigenvalue weighted by molar-refractivity contribution is 5.69. The standard InChI is InChI=1S/C46H78O6/c1-4-5-6-7-8-9-10-11-12-15-18-21-24-27-30-33-36-43(47)38-39-46(50)52-41-44(48)40-51-45(49)37-34-31-28-25-22-19-16-13-14-17-20-23-26-29-32-35-42(2)3/h5-6,8-9,11-12,18,21,27,30,33,36,42-44,47-48H,4,7,10,13-17,19-20,22-26,28-29,31-32,34-35,37-41H2,1-3H3/b6-5-,9-8-,12-11-,21-18-,30-27-,36-33-/t43?,44-/m1/s1. The van der Waals surface area contributed by atoms with E-state index in [4.69, 9.17) is 9.47 Å². The van der Waals surface area contributed by atoms with Gasteiger partial charge >= 0.3 is 11.9 Å². The van der Waals surface area contributed by atoms with E-state index in [9.17, 15) is 19.8 Å². The van der Waals surface area contributed by atoms with Gasteiger partial charge in [-0.05, 0) is 50.9 Å². The molecule has 2 atom stereocenters. The minimum atomic E-state index is -1.06. The van der Waals surface area contributed by atoms with Crippen LogP contribution in [0.1, 0.15) is 175 Å². The Balaban J connectivity index is 3.65. The van der Waals surface area contributed by atoms with Crippen molar-refractivity contribution in [1.82, 2.24) is 0 Å². The Bertz CT molecular complexity index is 989. The molecule has 0 bridgehead atoms. The van der Waals surface area contributed by atoms with Crippen LogP contribution in [0.2, 0.25) is 0 Å². The summed E-state index contributed by atoms with van der Waals surface area (Å²) in [6.07, 6.45) is 48.7. The molecule has 0 aliphatic heterocycles. The summed E-state index contributed by atoms with van der Waals surface area (Å²) in [4.78, 5) is 24.0. The minimum Gasteiger partial charge on any atom is -0.463 e. The fraction of sp³-hybridized carbons (Fsp3) is 0.696. The van der Waals surface area contributed by atoms with Crippen molar-refractivity contribution in [3.63, 3.8) is 0 Å². The first kappa shape index (κ1) is 49.3. The summed E-state index contributed by atoms with van der Waals surface area (Å²) in [5.41, 5.74) is 0. The van der Waals surface area contributed by atoms with Gasteiger partial charge in [0.1, 0.15) is 19.3 Å². The van der Waals surface area contributed by atoms with Crippen molar-refractivity contribution in [2.24, 2.45) is 5.92 Å². The molecule has 298 valence electrons. The van der Waals surface area contributed by atoms with Crippen molar-refractivity contribution in [3.8, 4) is 0 Å². The Morgan fingerprint density at radius 3 is 1.37 bits per heavy atom. The molecule has 0 radical (unpaired) electrons. The van der Waals surface area contributed by atoms with Gasteiger partial charge in [0.15, 0.2) is 0 Å². The van der Waals surface area contributed by atoms with Crippen LogP contribution >= 0.6 is 0 Å². The Morgan fingerprint density at radius 1 is 0.500 bits per heavy atom. The van der Waals surface area contributed by atoms with Gasteiger partial charge in [-0.3, -0.25) is 9.59 Å². The van der Waals surface area contributed by atoms with Gasteiger partial charge in [-0.15, -0.1) is 0 Å². The van der Waals surface area contributed by atoms with Gasteiger partial charge in [-0.25, -0.2) is 0 Å². The average molecular weight is 727 g/mol. The summed E-state index contributed by atoms with van der Waals surface area (Å²) in [6, 6.07) is 0. The van der Waals surface area contributed by atoms with Crippen molar-refractivity contribution >= 4 is 11.9 Å². The number of carbonyl (C=O) groups excluding carboxylic acids is 2. The highest BCUT2D eigenvalue weighted by Crippen LogP contribution is 2.15. The zero-order chi connectivity index (χ0) is 38.2. The Morgan fingerprint density at radius 2 is 0.904 bits per heavy atom. The second-order valence-electron chi connectivity index (χ2n) is 14.4. The maximum absolute atomic E-state index is 12.0. The first-order valence-electron chi connectivity index (χ1n) is 21.0. The van der Waals surface area contributed by atoms with Gasteiger partial charge in [0.25, 0.3) is 0 Å². The van der Waals surface area contributed by atoms with Crippen LogP contribution < -0.4 is 0 Å². The molecule has 0 fully saturated rings. The molecular formula is C46H78O6. The monoisotopic (exact) mass is 727 g/mol. The summed E-state index contributed by atoms with van der Waals surface area (Å²) in [6.45, 7) is 6.33. The lowest BCUT2D eigenvalue weighted by atomic mass is 10.0. The normalized spacial score (nSPS) is 13.7. The predicted molar refractivity (Wildman–Crippen MR) is 220 cm³/mol. The third-order valence-electron chi connectivity index (χ3n) is 8.75. The second kappa shape index (κ2) is 39.5. The third-order valence-corrected chi connectivity index (χ3v) is 8.75. The molecule has 0 aromatic rings. The number of aliphatic hydroxyl groups excluding tert-OH is 2. The van der Waals surface area contributed by atoms with E-state index < -0.39 is 18.2 Å². The summed E-state index contributed by atoms with van der Waals surface area (Å²) in [5, 5.41) is 20.1. The maximum atomic E-state index is 12.0. The molecule has 0 aliphatic rings. The first-order chi connectivity index (χ1) is 25.3. The quantitative estimate of drug-likeness (QED) is 0.0289. The number of rotatable bonds is 36. The number of carbonyl (C=O) groups is 2. The summed E-state index contributed by atoms with van der Waals surface area (Å²) >= 11 is 0.